The van der Waals surface area contributed by atoms with E-state index in [-0.39, 0.29) is 6.10 Å². The van der Waals surface area contributed by atoms with E-state index in [2.05, 4.69) is 46.3 Å². The number of aromatic amines is 1. The van der Waals surface area contributed by atoms with Crippen molar-refractivity contribution in [2.45, 2.75) is 40.2 Å². The van der Waals surface area contributed by atoms with Crippen molar-refractivity contribution in [3.8, 4) is 5.88 Å². The summed E-state index contributed by atoms with van der Waals surface area (Å²) in [7, 11) is 0. The molecule has 2 N–H and O–H groups in total. The quantitative estimate of drug-likeness (QED) is 0.837. The van der Waals surface area contributed by atoms with E-state index in [0.29, 0.717) is 23.4 Å². The lowest BCUT2D eigenvalue weighted by molar-refractivity contribution is 0.188. The molecule has 0 saturated heterocycles. The highest BCUT2D eigenvalue weighted by atomic mass is 16.5. The summed E-state index contributed by atoms with van der Waals surface area (Å²) in [6, 6.07) is 0. The largest absolute Gasteiger partial charge is 0.474 e. The molecule has 0 fully saturated rings. The van der Waals surface area contributed by atoms with E-state index in [1.54, 1.807) is 6.20 Å². The fourth-order valence-electron chi connectivity index (χ4n) is 2.04. The lowest BCUT2D eigenvalue weighted by Gasteiger charge is -2.16. The van der Waals surface area contributed by atoms with Crippen molar-refractivity contribution in [3.63, 3.8) is 0 Å². The van der Waals surface area contributed by atoms with Crippen LogP contribution in [0.3, 0.4) is 0 Å². The van der Waals surface area contributed by atoms with Crippen LogP contribution in [-0.2, 0) is 0 Å². The summed E-state index contributed by atoms with van der Waals surface area (Å²) in [5, 5.41) is 10.8. The van der Waals surface area contributed by atoms with Crippen molar-refractivity contribution in [1.82, 2.24) is 20.2 Å². The fourth-order valence-corrected chi connectivity index (χ4v) is 2.04. The van der Waals surface area contributed by atoms with Crippen molar-refractivity contribution < 1.29 is 4.74 Å². The zero-order chi connectivity index (χ0) is 13.8. The summed E-state index contributed by atoms with van der Waals surface area (Å²) in [4.78, 5) is 8.74. The Morgan fingerprint density at radius 3 is 2.79 bits per heavy atom. The molecule has 0 spiro atoms. The number of rotatable bonds is 6. The molecule has 0 bridgehead atoms. The number of H-pyrrole nitrogens is 1. The SMILES string of the molecule is CCNc1nc(OC(C)CC(C)C)c2cn[nH]c2n1. The van der Waals surface area contributed by atoms with Gasteiger partial charge >= 0.3 is 0 Å². The van der Waals surface area contributed by atoms with Gasteiger partial charge in [-0.1, -0.05) is 13.8 Å². The van der Waals surface area contributed by atoms with E-state index in [1.165, 1.54) is 0 Å². The van der Waals surface area contributed by atoms with Gasteiger partial charge in [-0.15, -0.1) is 0 Å². The van der Waals surface area contributed by atoms with Crippen LogP contribution in [0.4, 0.5) is 5.95 Å². The maximum absolute atomic E-state index is 5.93. The molecule has 2 heterocycles. The Balaban J connectivity index is 2.26. The first kappa shape index (κ1) is 13.6. The molecule has 0 radical (unpaired) electrons. The van der Waals surface area contributed by atoms with Crippen LogP contribution in [0, 0.1) is 5.92 Å². The number of fused-ring (bicyclic) bond motifs is 1. The van der Waals surface area contributed by atoms with E-state index < -0.39 is 0 Å². The van der Waals surface area contributed by atoms with Crippen molar-refractivity contribution >= 4 is 17.0 Å². The van der Waals surface area contributed by atoms with Gasteiger partial charge in [0.1, 0.15) is 5.39 Å². The molecule has 0 aliphatic carbocycles. The predicted octanol–water partition coefficient (Wildman–Crippen LogP) is 2.60. The first-order valence-corrected chi connectivity index (χ1v) is 6.71. The summed E-state index contributed by atoms with van der Waals surface area (Å²) >= 11 is 0. The molecule has 6 heteroatoms. The monoisotopic (exact) mass is 263 g/mol. The third kappa shape index (κ3) is 3.33. The van der Waals surface area contributed by atoms with Gasteiger partial charge in [-0.25, -0.2) is 0 Å². The van der Waals surface area contributed by atoms with Gasteiger partial charge in [0.15, 0.2) is 5.65 Å². The molecule has 0 aromatic carbocycles. The minimum atomic E-state index is 0.113. The molecule has 0 aliphatic heterocycles. The van der Waals surface area contributed by atoms with Crippen molar-refractivity contribution in [2.24, 2.45) is 5.92 Å². The first-order chi connectivity index (χ1) is 9.10. The van der Waals surface area contributed by atoms with Gasteiger partial charge in [0.25, 0.3) is 0 Å². The van der Waals surface area contributed by atoms with Gasteiger partial charge in [-0.3, -0.25) is 5.10 Å². The van der Waals surface area contributed by atoms with Gasteiger partial charge in [-0.2, -0.15) is 15.1 Å². The van der Waals surface area contributed by atoms with Crippen molar-refractivity contribution in [1.29, 1.82) is 0 Å². The first-order valence-electron chi connectivity index (χ1n) is 6.71. The summed E-state index contributed by atoms with van der Waals surface area (Å²) in [5.74, 6) is 1.73. The number of hydrogen-bond acceptors (Lipinski definition) is 5. The van der Waals surface area contributed by atoms with Crippen LogP contribution < -0.4 is 10.1 Å². The average molecular weight is 263 g/mol. The zero-order valence-electron chi connectivity index (χ0n) is 11.9. The molecule has 2 aromatic rings. The minimum Gasteiger partial charge on any atom is -0.474 e. The molecule has 1 atom stereocenters. The minimum absolute atomic E-state index is 0.113. The summed E-state index contributed by atoms with van der Waals surface area (Å²) in [6.45, 7) is 9.18. The molecule has 0 saturated carbocycles. The van der Waals surface area contributed by atoms with Crippen LogP contribution in [-0.4, -0.2) is 32.8 Å². The highest BCUT2D eigenvalue weighted by Gasteiger charge is 2.14. The van der Waals surface area contributed by atoms with E-state index in [9.17, 15) is 0 Å². The Morgan fingerprint density at radius 2 is 2.11 bits per heavy atom. The Morgan fingerprint density at radius 1 is 1.32 bits per heavy atom. The van der Waals surface area contributed by atoms with Gasteiger partial charge in [0, 0.05) is 6.54 Å². The van der Waals surface area contributed by atoms with E-state index in [0.717, 1.165) is 18.4 Å². The lowest BCUT2D eigenvalue weighted by Crippen LogP contribution is -2.16. The molecule has 2 aromatic heterocycles. The van der Waals surface area contributed by atoms with Crippen LogP contribution >= 0.6 is 0 Å². The molecule has 2 rings (SSSR count). The van der Waals surface area contributed by atoms with Crippen LogP contribution in [0.5, 0.6) is 5.88 Å². The second-order valence-electron chi connectivity index (χ2n) is 5.07. The van der Waals surface area contributed by atoms with E-state index in [1.807, 2.05) is 6.92 Å². The second-order valence-corrected chi connectivity index (χ2v) is 5.07. The maximum atomic E-state index is 5.93. The second kappa shape index (κ2) is 5.86. The Kier molecular flexibility index (Phi) is 4.19. The number of ether oxygens (including phenoxy) is 1. The molecule has 19 heavy (non-hydrogen) atoms. The summed E-state index contributed by atoms with van der Waals surface area (Å²) in [6.07, 6.45) is 2.80. The van der Waals surface area contributed by atoms with Crippen LogP contribution in [0.1, 0.15) is 34.1 Å². The molecular weight excluding hydrogens is 242 g/mol. The molecule has 0 amide bonds. The number of nitrogens with zero attached hydrogens (tertiary/aromatic N) is 3. The topological polar surface area (TPSA) is 75.7 Å². The third-order valence-corrected chi connectivity index (χ3v) is 2.73. The van der Waals surface area contributed by atoms with Crippen molar-refractivity contribution in [3.05, 3.63) is 6.20 Å². The fraction of sp³-hybridized carbons (Fsp3) is 0.615. The Bertz CT molecular complexity index is 537. The zero-order valence-corrected chi connectivity index (χ0v) is 11.9. The molecule has 104 valence electrons. The van der Waals surface area contributed by atoms with E-state index in [4.69, 9.17) is 4.74 Å². The predicted molar refractivity (Wildman–Crippen MR) is 75.4 cm³/mol. The highest BCUT2D eigenvalue weighted by molar-refractivity contribution is 5.80. The maximum Gasteiger partial charge on any atom is 0.229 e. The van der Waals surface area contributed by atoms with Crippen LogP contribution in [0.15, 0.2) is 6.20 Å². The molecule has 6 nitrogen and oxygen atoms in total. The van der Waals surface area contributed by atoms with E-state index >= 15 is 0 Å². The van der Waals surface area contributed by atoms with Crippen LogP contribution in [0.2, 0.25) is 0 Å². The normalized spacial score (nSPS) is 12.9. The van der Waals surface area contributed by atoms with Gasteiger partial charge in [0.05, 0.1) is 12.3 Å². The Labute approximate surface area is 113 Å². The highest BCUT2D eigenvalue weighted by Crippen LogP contribution is 2.24. The number of nitrogens with one attached hydrogen (secondary N) is 2. The third-order valence-electron chi connectivity index (χ3n) is 2.73. The number of anilines is 1. The summed E-state index contributed by atoms with van der Waals surface area (Å²) < 4.78 is 5.93. The van der Waals surface area contributed by atoms with Gasteiger partial charge in [0.2, 0.25) is 11.8 Å². The molecule has 0 aliphatic rings. The smallest absolute Gasteiger partial charge is 0.229 e. The molecular formula is C13H21N5O. The average Bonchev–Trinajstić information content (AvgIpc) is 2.76. The van der Waals surface area contributed by atoms with Crippen LogP contribution in [0.25, 0.3) is 11.0 Å². The van der Waals surface area contributed by atoms with Crippen molar-refractivity contribution in [2.75, 3.05) is 11.9 Å². The molecule has 1 unspecified atom stereocenters. The lowest BCUT2D eigenvalue weighted by atomic mass is 10.1. The Hall–Kier alpha value is -1.85. The number of hydrogen-bond donors (Lipinski definition) is 2. The van der Waals surface area contributed by atoms with Gasteiger partial charge < -0.3 is 10.1 Å². The standard InChI is InChI=1S/C13H21N5O/c1-5-14-13-16-11-10(7-15-18-11)12(17-13)19-9(4)6-8(2)3/h7-9H,5-6H2,1-4H3,(H2,14,15,16,17,18). The number of aromatic nitrogens is 4. The van der Waals surface area contributed by atoms with Gasteiger partial charge in [-0.05, 0) is 26.2 Å². The summed E-state index contributed by atoms with van der Waals surface area (Å²) in [5.41, 5.74) is 0.692.